The van der Waals surface area contributed by atoms with Crippen LogP contribution < -0.4 is 5.32 Å². The van der Waals surface area contributed by atoms with E-state index in [0.29, 0.717) is 11.0 Å². The van der Waals surface area contributed by atoms with Crippen LogP contribution >= 0.6 is 11.6 Å². The third-order valence-electron chi connectivity index (χ3n) is 1.61. The second-order valence-corrected chi connectivity index (χ2v) is 3.16. The molecule has 0 atom stereocenters. The molecule has 5 nitrogen and oxygen atoms in total. The lowest BCUT2D eigenvalue weighted by molar-refractivity contribution is 0.768. The van der Waals surface area contributed by atoms with E-state index in [1.807, 2.05) is 13.2 Å². The largest absolute Gasteiger partial charge is 0.336 e. The zero-order valence-electron chi connectivity index (χ0n) is 7.48. The van der Waals surface area contributed by atoms with Gasteiger partial charge in [-0.25, -0.2) is 0 Å². The topological polar surface area (TPSA) is 55.6 Å². The molecule has 14 heavy (non-hydrogen) atoms. The third kappa shape index (κ3) is 2.00. The van der Waals surface area contributed by atoms with Crippen LogP contribution in [0, 0.1) is 0 Å². The van der Waals surface area contributed by atoms with Crippen molar-refractivity contribution in [1.82, 2.24) is 20.0 Å². The maximum absolute atomic E-state index is 5.60. The van der Waals surface area contributed by atoms with Gasteiger partial charge in [0.25, 0.3) is 0 Å². The highest BCUT2D eigenvalue weighted by Gasteiger charge is 1.98. The molecule has 0 bridgehead atoms. The Bertz CT molecular complexity index is 422. The Morgan fingerprint density at radius 1 is 1.36 bits per heavy atom. The van der Waals surface area contributed by atoms with E-state index in [9.17, 15) is 0 Å². The van der Waals surface area contributed by atoms with Crippen LogP contribution in [-0.4, -0.2) is 20.0 Å². The van der Waals surface area contributed by atoms with Crippen molar-refractivity contribution >= 4 is 23.1 Å². The van der Waals surface area contributed by atoms with Crippen LogP contribution in [0.4, 0.5) is 11.5 Å². The molecule has 6 heteroatoms. The van der Waals surface area contributed by atoms with Crippen LogP contribution in [0.2, 0.25) is 5.15 Å². The zero-order valence-corrected chi connectivity index (χ0v) is 8.23. The predicted molar refractivity (Wildman–Crippen MR) is 53.5 cm³/mol. The Kier molecular flexibility index (Phi) is 2.32. The van der Waals surface area contributed by atoms with Gasteiger partial charge < -0.3 is 5.32 Å². The molecule has 0 saturated carbocycles. The zero-order chi connectivity index (χ0) is 9.97. The standard InChI is InChI=1S/C8H8ClN5/c1-14-5-6(4-10-14)11-8-3-2-7(9)12-13-8/h2-5H,1H3,(H,11,13). The second-order valence-electron chi connectivity index (χ2n) is 2.77. The van der Waals surface area contributed by atoms with Gasteiger partial charge in [0.15, 0.2) is 11.0 Å². The van der Waals surface area contributed by atoms with Gasteiger partial charge in [-0.3, -0.25) is 4.68 Å². The maximum atomic E-state index is 5.60. The van der Waals surface area contributed by atoms with Gasteiger partial charge in [-0.1, -0.05) is 11.6 Å². The van der Waals surface area contributed by atoms with Crippen LogP contribution in [-0.2, 0) is 7.05 Å². The lowest BCUT2D eigenvalue weighted by atomic mass is 10.5. The summed E-state index contributed by atoms with van der Waals surface area (Å²) in [5.41, 5.74) is 0.865. The first kappa shape index (κ1) is 8.96. The number of hydrogen-bond acceptors (Lipinski definition) is 4. The summed E-state index contributed by atoms with van der Waals surface area (Å²) in [7, 11) is 1.85. The molecule has 2 aromatic heterocycles. The summed E-state index contributed by atoms with van der Waals surface area (Å²) in [5.74, 6) is 0.641. The first-order valence-electron chi connectivity index (χ1n) is 3.99. The molecule has 0 aliphatic heterocycles. The fraction of sp³-hybridized carbons (Fsp3) is 0.125. The predicted octanol–water partition coefficient (Wildman–Crippen LogP) is 1.61. The molecule has 0 saturated heterocycles. The van der Waals surface area contributed by atoms with Gasteiger partial charge in [0.2, 0.25) is 0 Å². The van der Waals surface area contributed by atoms with Crippen molar-refractivity contribution in [2.45, 2.75) is 0 Å². The van der Waals surface area contributed by atoms with Gasteiger partial charge in [0.05, 0.1) is 11.9 Å². The van der Waals surface area contributed by atoms with Crippen LogP contribution in [0.1, 0.15) is 0 Å². The molecule has 2 aromatic rings. The number of rotatable bonds is 2. The molecule has 2 rings (SSSR count). The molecule has 0 amide bonds. The normalized spacial score (nSPS) is 10.1. The van der Waals surface area contributed by atoms with Crippen LogP contribution in [0.5, 0.6) is 0 Å². The average Bonchev–Trinajstić information content (AvgIpc) is 2.56. The van der Waals surface area contributed by atoms with Crippen molar-refractivity contribution in [1.29, 1.82) is 0 Å². The second kappa shape index (κ2) is 3.63. The summed E-state index contributed by atoms with van der Waals surface area (Å²) in [6.45, 7) is 0. The minimum Gasteiger partial charge on any atom is -0.336 e. The highest BCUT2D eigenvalue weighted by Crippen LogP contribution is 2.12. The summed E-state index contributed by atoms with van der Waals surface area (Å²) < 4.78 is 1.70. The van der Waals surface area contributed by atoms with Crippen molar-refractivity contribution in [2.75, 3.05) is 5.32 Å². The lowest BCUT2D eigenvalue weighted by Crippen LogP contribution is -1.93. The maximum Gasteiger partial charge on any atom is 0.153 e. The number of nitrogens with zero attached hydrogens (tertiary/aromatic N) is 4. The van der Waals surface area contributed by atoms with E-state index in [0.717, 1.165) is 5.69 Å². The van der Waals surface area contributed by atoms with Crippen molar-refractivity contribution in [3.63, 3.8) is 0 Å². The number of aromatic nitrogens is 4. The summed E-state index contributed by atoms with van der Waals surface area (Å²) in [5, 5.41) is 15.0. The molecule has 2 heterocycles. The smallest absolute Gasteiger partial charge is 0.153 e. The average molecular weight is 210 g/mol. The van der Waals surface area contributed by atoms with E-state index in [-0.39, 0.29) is 0 Å². The van der Waals surface area contributed by atoms with Gasteiger partial charge >= 0.3 is 0 Å². The number of aryl methyl sites for hydroxylation is 1. The first-order chi connectivity index (χ1) is 6.74. The molecule has 0 unspecified atom stereocenters. The SMILES string of the molecule is Cn1cc(Nc2ccc(Cl)nn2)cn1. The summed E-state index contributed by atoms with van der Waals surface area (Å²) >= 11 is 5.60. The number of nitrogens with one attached hydrogen (secondary N) is 1. The molecule has 0 fully saturated rings. The Balaban J connectivity index is 2.15. The van der Waals surface area contributed by atoms with Gasteiger partial charge in [-0.15, -0.1) is 10.2 Å². The summed E-state index contributed by atoms with van der Waals surface area (Å²) in [4.78, 5) is 0. The Morgan fingerprint density at radius 2 is 2.21 bits per heavy atom. The van der Waals surface area contributed by atoms with E-state index in [2.05, 4.69) is 20.6 Å². The van der Waals surface area contributed by atoms with Crippen LogP contribution in [0.25, 0.3) is 0 Å². The summed E-state index contributed by atoms with van der Waals surface area (Å²) in [6, 6.07) is 3.43. The van der Waals surface area contributed by atoms with Crippen LogP contribution in [0.15, 0.2) is 24.5 Å². The highest BCUT2D eigenvalue weighted by molar-refractivity contribution is 6.29. The minimum atomic E-state index is 0.377. The Labute approximate surface area is 85.7 Å². The number of anilines is 2. The Hall–Kier alpha value is -1.62. The lowest BCUT2D eigenvalue weighted by Gasteiger charge is -1.99. The minimum absolute atomic E-state index is 0.377. The molecule has 0 aliphatic carbocycles. The van der Waals surface area contributed by atoms with Crippen molar-refractivity contribution < 1.29 is 0 Å². The fourth-order valence-electron chi connectivity index (χ4n) is 1.02. The van der Waals surface area contributed by atoms with E-state index in [1.165, 1.54) is 0 Å². The quantitative estimate of drug-likeness (QED) is 0.817. The molecule has 72 valence electrons. The van der Waals surface area contributed by atoms with Gasteiger partial charge in [-0.2, -0.15) is 5.10 Å². The Morgan fingerprint density at radius 3 is 2.79 bits per heavy atom. The number of halogens is 1. The third-order valence-corrected chi connectivity index (χ3v) is 1.81. The molecular weight excluding hydrogens is 202 g/mol. The molecule has 0 spiro atoms. The van der Waals surface area contributed by atoms with Crippen molar-refractivity contribution in [3.8, 4) is 0 Å². The van der Waals surface area contributed by atoms with Crippen molar-refractivity contribution in [3.05, 3.63) is 29.7 Å². The molecule has 0 radical (unpaired) electrons. The molecule has 0 aliphatic rings. The monoisotopic (exact) mass is 209 g/mol. The van der Waals surface area contributed by atoms with Crippen molar-refractivity contribution in [2.24, 2.45) is 7.05 Å². The van der Waals surface area contributed by atoms with E-state index >= 15 is 0 Å². The van der Waals surface area contributed by atoms with E-state index in [1.54, 1.807) is 23.0 Å². The molecule has 1 N–H and O–H groups in total. The van der Waals surface area contributed by atoms with Gasteiger partial charge in [0.1, 0.15) is 0 Å². The van der Waals surface area contributed by atoms with Gasteiger partial charge in [-0.05, 0) is 12.1 Å². The highest BCUT2D eigenvalue weighted by atomic mass is 35.5. The van der Waals surface area contributed by atoms with E-state index < -0.39 is 0 Å². The fourth-order valence-corrected chi connectivity index (χ4v) is 1.12. The van der Waals surface area contributed by atoms with Gasteiger partial charge in [0, 0.05) is 13.2 Å². The molecular formula is C8H8ClN5. The molecule has 0 aromatic carbocycles. The summed E-state index contributed by atoms with van der Waals surface area (Å²) in [6.07, 6.45) is 3.55. The first-order valence-corrected chi connectivity index (χ1v) is 4.37. The number of hydrogen-bond donors (Lipinski definition) is 1. The van der Waals surface area contributed by atoms with E-state index in [4.69, 9.17) is 11.6 Å². The van der Waals surface area contributed by atoms with Crippen LogP contribution in [0.3, 0.4) is 0 Å².